The summed E-state index contributed by atoms with van der Waals surface area (Å²) in [5, 5.41) is 7.99. The summed E-state index contributed by atoms with van der Waals surface area (Å²) in [5.74, 6) is -0.0962. The lowest BCUT2D eigenvalue weighted by Crippen LogP contribution is -2.61. The van der Waals surface area contributed by atoms with Gasteiger partial charge in [0.25, 0.3) is 0 Å². The largest absolute Gasteiger partial charge is 0.456 e. The van der Waals surface area contributed by atoms with E-state index in [1.54, 1.807) is 10.9 Å². The number of hydrogen-bond acceptors (Lipinski definition) is 5. The molecular formula is C18H21N3O3. The van der Waals surface area contributed by atoms with Gasteiger partial charge in [0, 0.05) is 17.9 Å². The average molecular weight is 327 g/mol. The lowest BCUT2D eigenvalue weighted by atomic mass is 9.59. The molecule has 2 heterocycles. The second-order valence-electron chi connectivity index (χ2n) is 7.18. The van der Waals surface area contributed by atoms with Crippen molar-refractivity contribution < 1.29 is 14.3 Å². The highest BCUT2D eigenvalue weighted by Gasteiger charge is 2.61. The first-order valence-corrected chi connectivity index (χ1v) is 8.32. The average Bonchev–Trinajstić information content (AvgIpc) is 3.21. The Labute approximate surface area is 140 Å². The van der Waals surface area contributed by atoms with Crippen LogP contribution < -0.4 is 0 Å². The van der Waals surface area contributed by atoms with Crippen LogP contribution in [0.4, 0.5) is 0 Å². The minimum absolute atomic E-state index is 0.114. The molecule has 0 spiro atoms. The summed E-state index contributed by atoms with van der Waals surface area (Å²) in [6.45, 7) is 5.50. The summed E-state index contributed by atoms with van der Waals surface area (Å²) in [6, 6.07) is 9.93. The Morgan fingerprint density at radius 1 is 1.38 bits per heavy atom. The molecule has 6 heteroatoms. The third-order valence-corrected chi connectivity index (χ3v) is 5.16. The van der Waals surface area contributed by atoms with E-state index in [2.05, 4.69) is 24.2 Å². The van der Waals surface area contributed by atoms with Crippen molar-refractivity contribution in [2.24, 2.45) is 11.3 Å². The van der Waals surface area contributed by atoms with Crippen LogP contribution in [0.5, 0.6) is 0 Å². The second-order valence-corrected chi connectivity index (χ2v) is 7.18. The number of fused-ring (bicyclic) bond motifs is 1. The van der Waals surface area contributed by atoms with Crippen molar-refractivity contribution in [3.05, 3.63) is 47.8 Å². The van der Waals surface area contributed by atoms with E-state index in [1.165, 1.54) is 0 Å². The Balaban J connectivity index is 1.42. The molecule has 2 fully saturated rings. The molecule has 0 amide bonds. The predicted molar refractivity (Wildman–Crippen MR) is 86.4 cm³/mol. The molecule has 2 aromatic rings. The number of carbonyl (C=O) groups is 1. The quantitative estimate of drug-likeness (QED) is 0.806. The standard InChI is InChI=1S/C18H21N3O3/c1-18(2)15-13(8-9-23-15)16(18)24-17(22)14-11-21(20-19-14)10-12-6-4-3-5-7-12/h3-7,11,13,15-16H,8-10H2,1-2H3/t13-,15+,16+/m0/s1. The molecule has 3 atom stereocenters. The molecule has 1 aliphatic heterocycles. The zero-order chi connectivity index (χ0) is 16.7. The van der Waals surface area contributed by atoms with Gasteiger partial charge < -0.3 is 9.47 Å². The highest BCUT2D eigenvalue weighted by Crippen LogP contribution is 2.53. The van der Waals surface area contributed by atoms with E-state index in [-0.39, 0.29) is 23.3 Å². The van der Waals surface area contributed by atoms with Gasteiger partial charge in [0.15, 0.2) is 5.69 Å². The molecule has 6 nitrogen and oxygen atoms in total. The van der Waals surface area contributed by atoms with Crippen LogP contribution in [0.3, 0.4) is 0 Å². The number of rotatable bonds is 4. The number of ether oxygens (including phenoxy) is 2. The van der Waals surface area contributed by atoms with E-state index in [1.807, 2.05) is 30.3 Å². The molecule has 0 bridgehead atoms. The minimum atomic E-state index is -0.405. The van der Waals surface area contributed by atoms with Gasteiger partial charge in [-0.3, -0.25) is 0 Å². The van der Waals surface area contributed by atoms with Gasteiger partial charge >= 0.3 is 5.97 Å². The van der Waals surface area contributed by atoms with Crippen molar-refractivity contribution >= 4 is 5.97 Å². The molecule has 0 radical (unpaired) electrons. The zero-order valence-corrected chi connectivity index (χ0v) is 13.9. The van der Waals surface area contributed by atoms with Gasteiger partial charge in [0.1, 0.15) is 6.10 Å². The Hall–Kier alpha value is -2.21. The van der Waals surface area contributed by atoms with Crippen molar-refractivity contribution in [3.63, 3.8) is 0 Å². The van der Waals surface area contributed by atoms with Crippen molar-refractivity contribution in [2.75, 3.05) is 6.61 Å². The summed E-state index contributed by atoms with van der Waals surface area (Å²) in [6.07, 6.45) is 2.68. The molecule has 126 valence electrons. The monoisotopic (exact) mass is 327 g/mol. The number of nitrogens with zero attached hydrogens (tertiary/aromatic N) is 3. The van der Waals surface area contributed by atoms with Crippen LogP contribution in [-0.4, -0.2) is 39.8 Å². The zero-order valence-electron chi connectivity index (χ0n) is 13.9. The van der Waals surface area contributed by atoms with Crippen LogP contribution in [0.25, 0.3) is 0 Å². The van der Waals surface area contributed by atoms with Crippen LogP contribution in [0.15, 0.2) is 36.5 Å². The van der Waals surface area contributed by atoms with Crippen molar-refractivity contribution in [1.29, 1.82) is 0 Å². The maximum atomic E-state index is 12.4. The molecule has 0 unspecified atom stereocenters. The summed E-state index contributed by atoms with van der Waals surface area (Å²) in [5.41, 5.74) is 1.22. The lowest BCUT2D eigenvalue weighted by Gasteiger charge is -2.52. The molecule has 1 aliphatic carbocycles. The van der Waals surface area contributed by atoms with Gasteiger partial charge in [-0.2, -0.15) is 0 Å². The molecule has 24 heavy (non-hydrogen) atoms. The Kier molecular flexibility index (Phi) is 3.64. The van der Waals surface area contributed by atoms with E-state index in [4.69, 9.17) is 9.47 Å². The summed E-state index contributed by atoms with van der Waals surface area (Å²) >= 11 is 0. The van der Waals surface area contributed by atoms with Crippen molar-refractivity contribution in [3.8, 4) is 0 Å². The van der Waals surface area contributed by atoms with Crippen LogP contribution in [0, 0.1) is 11.3 Å². The molecule has 1 saturated heterocycles. The van der Waals surface area contributed by atoms with Gasteiger partial charge in [-0.25, -0.2) is 9.48 Å². The first kappa shape index (κ1) is 15.3. The van der Waals surface area contributed by atoms with Gasteiger partial charge in [0.2, 0.25) is 0 Å². The van der Waals surface area contributed by atoms with Gasteiger partial charge in [-0.05, 0) is 12.0 Å². The third kappa shape index (κ3) is 2.51. The molecule has 2 aliphatic rings. The van der Waals surface area contributed by atoms with Gasteiger partial charge in [-0.1, -0.05) is 49.4 Å². The number of hydrogen-bond donors (Lipinski definition) is 0. The second kappa shape index (κ2) is 5.70. The topological polar surface area (TPSA) is 66.2 Å². The first-order chi connectivity index (χ1) is 11.6. The normalized spacial score (nSPS) is 27.3. The molecule has 1 aromatic carbocycles. The SMILES string of the molecule is CC1(C)[C@@H]2OCC[C@@H]2[C@H]1OC(=O)c1cn(Cc2ccccc2)nn1. The fraction of sp³-hybridized carbons (Fsp3) is 0.500. The summed E-state index contributed by atoms with van der Waals surface area (Å²) in [7, 11) is 0. The first-order valence-electron chi connectivity index (χ1n) is 8.32. The number of aromatic nitrogens is 3. The predicted octanol–water partition coefficient (Wildman–Crippen LogP) is 2.30. The highest BCUT2D eigenvalue weighted by molar-refractivity contribution is 5.87. The van der Waals surface area contributed by atoms with Crippen LogP contribution >= 0.6 is 0 Å². The Morgan fingerprint density at radius 3 is 2.96 bits per heavy atom. The maximum Gasteiger partial charge on any atom is 0.360 e. The van der Waals surface area contributed by atoms with E-state index in [9.17, 15) is 4.79 Å². The van der Waals surface area contributed by atoms with Crippen molar-refractivity contribution in [1.82, 2.24) is 15.0 Å². The Morgan fingerprint density at radius 2 is 2.17 bits per heavy atom. The van der Waals surface area contributed by atoms with Gasteiger partial charge in [0.05, 0.1) is 18.8 Å². The molecule has 0 N–H and O–H groups in total. The van der Waals surface area contributed by atoms with Crippen LogP contribution in [0.1, 0.15) is 36.3 Å². The van der Waals surface area contributed by atoms with Gasteiger partial charge in [-0.15, -0.1) is 5.10 Å². The molecule has 1 aromatic heterocycles. The minimum Gasteiger partial charge on any atom is -0.456 e. The fourth-order valence-corrected chi connectivity index (χ4v) is 3.93. The van der Waals surface area contributed by atoms with Crippen molar-refractivity contribution in [2.45, 2.75) is 39.0 Å². The smallest absolute Gasteiger partial charge is 0.360 e. The highest BCUT2D eigenvalue weighted by atomic mass is 16.6. The number of carbonyl (C=O) groups excluding carboxylic acids is 1. The number of benzene rings is 1. The lowest BCUT2D eigenvalue weighted by molar-refractivity contribution is -0.183. The van der Waals surface area contributed by atoms with E-state index >= 15 is 0 Å². The van der Waals surface area contributed by atoms with E-state index in [0.717, 1.165) is 18.6 Å². The van der Waals surface area contributed by atoms with E-state index in [0.29, 0.717) is 12.5 Å². The summed E-state index contributed by atoms with van der Waals surface area (Å²) < 4.78 is 13.1. The van der Waals surface area contributed by atoms with Crippen LogP contribution in [0.2, 0.25) is 0 Å². The van der Waals surface area contributed by atoms with E-state index < -0.39 is 5.97 Å². The summed E-state index contributed by atoms with van der Waals surface area (Å²) in [4.78, 5) is 12.4. The maximum absolute atomic E-state index is 12.4. The molecule has 4 rings (SSSR count). The third-order valence-electron chi connectivity index (χ3n) is 5.16. The number of esters is 1. The fourth-order valence-electron chi connectivity index (χ4n) is 3.93. The Bertz CT molecular complexity index is 741. The van der Waals surface area contributed by atoms with Crippen LogP contribution in [-0.2, 0) is 16.0 Å². The molecule has 1 saturated carbocycles. The molecular weight excluding hydrogens is 306 g/mol.